The fourth-order valence-electron chi connectivity index (χ4n) is 3.31. The van der Waals surface area contributed by atoms with Crippen molar-refractivity contribution in [3.63, 3.8) is 0 Å². The molecule has 4 nitrogen and oxygen atoms in total. The zero-order valence-corrected chi connectivity index (χ0v) is 13.0. The van der Waals surface area contributed by atoms with Gasteiger partial charge in [0.2, 0.25) is 0 Å². The number of anilines is 1. The van der Waals surface area contributed by atoms with Gasteiger partial charge in [0.1, 0.15) is 17.7 Å². The Labute approximate surface area is 133 Å². The Kier molecular flexibility index (Phi) is 4.43. The third-order valence-electron chi connectivity index (χ3n) is 4.42. The summed E-state index contributed by atoms with van der Waals surface area (Å²) in [6.45, 7) is 1.18. The van der Waals surface area contributed by atoms with Crippen LogP contribution in [0.3, 0.4) is 0 Å². The SMILES string of the molecule is Cn1cccc1[C@H]1CCC[NH+]1CC(=O)Nc1ccc(F)cc1F. The van der Waals surface area contributed by atoms with E-state index in [0.717, 1.165) is 31.5 Å². The first kappa shape index (κ1) is 15.7. The average molecular weight is 320 g/mol. The first-order valence-electron chi connectivity index (χ1n) is 7.75. The summed E-state index contributed by atoms with van der Waals surface area (Å²) in [5.74, 6) is -1.67. The Morgan fingerprint density at radius 2 is 2.22 bits per heavy atom. The zero-order valence-electron chi connectivity index (χ0n) is 13.0. The van der Waals surface area contributed by atoms with Crippen LogP contribution in [0.1, 0.15) is 24.6 Å². The molecule has 1 amide bonds. The summed E-state index contributed by atoms with van der Waals surface area (Å²) in [4.78, 5) is 13.4. The maximum absolute atomic E-state index is 13.6. The Hall–Kier alpha value is -2.21. The highest BCUT2D eigenvalue weighted by Crippen LogP contribution is 2.19. The van der Waals surface area contributed by atoms with Gasteiger partial charge in [-0.15, -0.1) is 0 Å². The van der Waals surface area contributed by atoms with Crippen LogP contribution < -0.4 is 10.2 Å². The number of hydrogen-bond donors (Lipinski definition) is 2. The Morgan fingerprint density at radius 1 is 1.39 bits per heavy atom. The van der Waals surface area contributed by atoms with Gasteiger partial charge in [0, 0.05) is 32.2 Å². The van der Waals surface area contributed by atoms with E-state index in [9.17, 15) is 13.6 Å². The number of halogens is 2. The van der Waals surface area contributed by atoms with E-state index in [1.165, 1.54) is 16.7 Å². The number of nitrogens with one attached hydrogen (secondary N) is 2. The van der Waals surface area contributed by atoms with Crippen LogP contribution in [0, 0.1) is 11.6 Å². The van der Waals surface area contributed by atoms with Crippen molar-refractivity contribution in [1.29, 1.82) is 0 Å². The highest BCUT2D eigenvalue weighted by Gasteiger charge is 2.33. The lowest BCUT2D eigenvalue weighted by Gasteiger charge is -2.21. The van der Waals surface area contributed by atoms with Crippen LogP contribution in [0.4, 0.5) is 14.5 Å². The van der Waals surface area contributed by atoms with Crippen molar-refractivity contribution in [2.45, 2.75) is 18.9 Å². The van der Waals surface area contributed by atoms with Crippen molar-refractivity contribution in [2.75, 3.05) is 18.4 Å². The standard InChI is InChI=1S/C17H19F2N3O/c1-21-8-2-4-15(21)16-5-3-9-22(16)11-17(23)20-14-7-6-12(18)10-13(14)19/h2,4,6-8,10,16H,3,5,9,11H2,1H3,(H,20,23)/p+1/t16-/m1/s1. The lowest BCUT2D eigenvalue weighted by molar-refractivity contribution is -0.910. The van der Waals surface area contributed by atoms with E-state index < -0.39 is 11.6 Å². The topological polar surface area (TPSA) is 38.5 Å². The molecule has 122 valence electrons. The molecule has 0 bridgehead atoms. The van der Waals surface area contributed by atoms with Crippen molar-refractivity contribution in [1.82, 2.24) is 4.57 Å². The Balaban J connectivity index is 1.66. The lowest BCUT2D eigenvalue weighted by Crippen LogP contribution is -3.11. The van der Waals surface area contributed by atoms with Crippen molar-refractivity contribution < 1.29 is 18.5 Å². The van der Waals surface area contributed by atoms with Crippen LogP contribution in [0.15, 0.2) is 36.5 Å². The molecule has 0 aliphatic carbocycles. The molecule has 0 saturated carbocycles. The summed E-state index contributed by atoms with van der Waals surface area (Å²) in [5.41, 5.74) is 1.23. The van der Waals surface area contributed by atoms with Gasteiger partial charge < -0.3 is 14.8 Å². The number of quaternary nitrogens is 1. The van der Waals surface area contributed by atoms with Crippen molar-refractivity contribution >= 4 is 11.6 Å². The van der Waals surface area contributed by atoms with E-state index in [0.29, 0.717) is 0 Å². The van der Waals surface area contributed by atoms with E-state index in [1.54, 1.807) is 0 Å². The minimum absolute atomic E-state index is 0.0189. The van der Waals surface area contributed by atoms with Gasteiger partial charge in [0.25, 0.3) is 5.91 Å². The molecule has 1 aromatic heterocycles. The number of likely N-dealkylation sites (tertiary alicyclic amines) is 1. The third kappa shape index (κ3) is 3.42. The van der Waals surface area contributed by atoms with E-state index in [-0.39, 0.29) is 24.2 Å². The molecule has 1 unspecified atom stereocenters. The van der Waals surface area contributed by atoms with Crippen LogP contribution in [0.5, 0.6) is 0 Å². The maximum Gasteiger partial charge on any atom is 0.279 e. The maximum atomic E-state index is 13.6. The molecule has 1 saturated heterocycles. The predicted molar refractivity (Wildman–Crippen MR) is 83.1 cm³/mol. The molecule has 1 aliphatic rings. The van der Waals surface area contributed by atoms with E-state index in [4.69, 9.17) is 0 Å². The number of hydrogen-bond acceptors (Lipinski definition) is 1. The molecule has 3 rings (SSSR count). The van der Waals surface area contributed by atoms with Gasteiger partial charge in [0.15, 0.2) is 6.54 Å². The summed E-state index contributed by atoms with van der Waals surface area (Å²) in [5, 5.41) is 2.54. The van der Waals surface area contributed by atoms with Crippen LogP contribution in [-0.2, 0) is 11.8 Å². The monoisotopic (exact) mass is 320 g/mol. The smallest absolute Gasteiger partial charge is 0.279 e. The molecule has 0 spiro atoms. The zero-order chi connectivity index (χ0) is 16.4. The molecule has 2 atom stereocenters. The van der Waals surface area contributed by atoms with Gasteiger partial charge >= 0.3 is 0 Å². The van der Waals surface area contributed by atoms with Crippen molar-refractivity contribution in [2.24, 2.45) is 7.05 Å². The lowest BCUT2D eigenvalue weighted by atomic mass is 10.1. The van der Waals surface area contributed by atoms with Crippen LogP contribution in [0.25, 0.3) is 0 Å². The summed E-state index contributed by atoms with van der Waals surface area (Å²) in [6, 6.07) is 7.50. The van der Waals surface area contributed by atoms with Gasteiger partial charge in [-0.3, -0.25) is 4.79 Å². The van der Waals surface area contributed by atoms with E-state index >= 15 is 0 Å². The molecule has 0 radical (unpaired) electrons. The molecule has 1 fully saturated rings. The highest BCUT2D eigenvalue weighted by molar-refractivity contribution is 5.91. The number of benzene rings is 1. The van der Waals surface area contributed by atoms with E-state index in [1.807, 2.05) is 19.3 Å². The number of carbonyl (C=O) groups excluding carboxylic acids is 1. The molecular formula is C17H20F2N3O+. The van der Waals surface area contributed by atoms with Crippen LogP contribution in [-0.4, -0.2) is 23.6 Å². The van der Waals surface area contributed by atoms with Gasteiger partial charge in [-0.1, -0.05) is 0 Å². The number of amides is 1. The second kappa shape index (κ2) is 6.50. The number of rotatable bonds is 4. The molecule has 6 heteroatoms. The fourth-order valence-corrected chi connectivity index (χ4v) is 3.31. The first-order valence-corrected chi connectivity index (χ1v) is 7.75. The fraction of sp³-hybridized carbons (Fsp3) is 0.353. The Morgan fingerprint density at radius 3 is 2.91 bits per heavy atom. The van der Waals surface area contributed by atoms with Gasteiger partial charge in [-0.25, -0.2) is 8.78 Å². The minimum atomic E-state index is -0.756. The second-order valence-electron chi connectivity index (χ2n) is 6.00. The summed E-state index contributed by atoms with van der Waals surface area (Å²) in [7, 11) is 2.00. The second-order valence-corrected chi connectivity index (χ2v) is 6.00. The van der Waals surface area contributed by atoms with Gasteiger partial charge in [0.05, 0.1) is 17.9 Å². The summed E-state index contributed by atoms with van der Waals surface area (Å²) >= 11 is 0. The largest absolute Gasteiger partial charge is 0.350 e. The summed E-state index contributed by atoms with van der Waals surface area (Å²) < 4.78 is 28.6. The quantitative estimate of drug-likeness (QED) is 0.883. The third-order valence-corrected chi connectivity index (χ3v) is 4.42. The van der Waals surface area contributed by atoms with E-state index in [2.05, 4.69) is 16.0 Å². The minimum Gasteiger partial charge on any atom is -0.350 e. The van der Waals surface area contributed by atoms with Crippen molar-refractivity contribution in [3.05, 3.63) is 53.9 Å². The van der Waals surface area contributed by atoms with Gasteiger partial charge in [-0.2, -0.15) is 0 Å². The molecule has 2 heterocycles. The molecule has 2 aromatic rings. The number of nitrogens with zero attached hydrogens (tertiary/aromatic N) is 1. The normalized spacial score (nSPS) is 20.7. The van der Waals surface area contributed by atoms with Crippen LogP contribution in [0.2, 0.25) is 0 Å². The molecule has 2 N–H and O–H groups in total. The average Bonchev–Trinajstić information content (AvgIpc) is 3.10. The van der Waals surface area contributed by atoms with Crippen LogP contribution >= 0.6 is 0 Å². The molecular weight excluding hydrogens is 300 g/mol. The Bertz CT molecular complexity index is 714. The van der Waals surface area contributed by atoms with Crippen molar-refractivity contribution in [3.8, 4) is 0 Å². The predicted octanol–water partition coefficient (Wildman–Crippen LogP) is 1.66. The molecule has 1 aliphatic heterocycles. The highest BCUT2D eigenvalue weighted by atomic mass is 19.1. The number of carbonyl (C=O) groups is 1. The number of aryl methyl sites for hydroxylation is 1. The number of aromatic nitrogens is 1. The summed E-state index contributed by atoms with van der Waals surface area (Å²) in [6.07, 6.45) is 4.09. The van der Waals surface area contributed by atoms with Gasteiger partial charge in [-0.05, 0) is 24.3 Å². The molecule has 23 heavy (non-hydrogen) atoms. The first-order chi connectivity index (χ1) is 11.0. The molecule has 1 aromatic carbocycles.